The summed E-state index contributed by atoms with van der Waals surface area (Å²) >= 11 is 1.48. The average Bonchev–Trinajstić information content (AvgIpc) is 3.31. The van der Waals surface area contributed by atoms with Crippen LogP contribution in [0.1, 0.15) is 11.3 Å². The molecular formula is C18H14FN5OS. The van der Waals surface area contributed by atoms with Crippen molar-refractivity contribution in [2.75, 3.05) is 0 Å². The van der Waals surface area contributed by atoms with E-state index in [0.717, 1.165) is 16.8 Å². The quantitative estimate of drug-likeness (QED) is 0.483. The summed E-state index contributed by atoms with van der Waals surface area (Å²) in [5, 5.41) is 12.6. The van der Waals surface area contributed by atoms with Gasteiger partial charge in [-0.2, -0.15) is 0 Å². The molecule has 0 aliphatic heterocycles. The third kappa shape index (κ3) is 3.80. The van der Waals surface area contributed by atoms with Crippen molar-refractivity contribution in [1.82, 2.24) is 25.2 Å². The number of thioether (sulfide) groups is 1. The first-order chi connectivity index (χ1) is 12.8. The molecule has 0 N–H and O–H groups in total. The molecule has 0 unspecified atom stereocenters. The number of oxazole rings is 1. The van der Waals surface area contributed by atoms with E-state index in [4.69, 9.17) is 4.42 Å². The van der Waals surface area contributed by atoms with Crippen LogP contribution in [0.5, 0.6) is 0 Å². The van der Waals surface area contributed by atoms with Crippen LogP contribution < -0.4 is 0 Å². The largest absolute Gasteiger partial charge is 0.444 e. The summed E-state index contributed by atoms with van der Waals surface area (Å²) in [7, 11) is 0. The van der Waals surface area contributed by atoms with Crippen LogP contribution in [0.4, 0.5) is 4.39 Å². The summed E-state index contributed by atoms with van der Waals surface area (Å²) in [5.41, 5.74) is 2.63. The highest BCUT2D eigenvalue weighted by Gasteiger charge is 2.11. The van der Waals surface area contributed by atoms with Crippen LogP contribution >= 0.6 is 11.8 Å². The van der Waals surface area contributed by atoms with E-state index in [-0.39, 0.29) is 5.82 Å². The number of benzene rings is 2. The van der Waals surface area contributed by atoms with E-state index < -0.39 is 0 Å². The summed E-state index contributed by atoms with van der Waals surface area (Å²) in [6.07, 6.45) is 1.59. The Labute approximate surface area is 153 Å². The van der Waals surface area contributed by atoms with Crippen molar-refractivity contribution in [3.05, 3.63) is 77.9 Å². The van der Waals surface area contributed by atoms with Gasteiger partial charge in [-0.25, -0.2) is 14.1 Å². The fourth-order valence-electron chi connectivity index (χ4n) is 2.39. The number of hydrogen-bond acceptors (Lipinski definition) is 6. The van der Waals surface area contributed by atoms with Crippen LogP contribution in [0.3, 0.4) is 0 Å². The maximum absolute atomic E-state index is 13.0. The molecule has 0 atom stereocenters. The van der Waals surface area contributed by atoms with Gasteiger partial charge in [0, 0.05) is 11.3 Å². The number of rotatable bonds is 6. The van der Waals surface area contributed by atoms with Gasteiger partial charge in [0.15, 0.2) is 0 Å². The lowest BCUT2D eigenvalue weighted by Crippen LogP contribution is -2.03. The number of halogens is 1. The van der Waals surface area contributed by atoms with Crippen molar-refractivity contribution in [2.24, 2.45) is 0 Å². The van der Waals surface area contributed by atoms with Gasteiger partial charge in [0.05, 0.1) is 12.2 Å². The Bertz CT molecular complexity index is 984. The van der Waals surface area contributed by atoms with Gasteiger partial charge in [-0.15, -0.1) is 5.10 Å². The molecule has 0 amide bonds. The monoisotopic (exact) mass is 367 g/mol. The van der Waals surface area contributed by atoms with Gasteiger partial charge >= 0.3 is 0 Å². The molecule has 8 heteroatoms. The molecule has 2 aromatic carbocycles. The fourth-order valence-corrected chi connectivity index (χ4v) is 3.15. The number of aromatic nitrogens is 5. The van der Waals surface area contributed by atoms with Gasteiger partial charge in [0.25, 0.3) is 0 Å². The summed E-state index contributed by atoms with van der Waals surface area (Å²) in [4.78, 5) is 4.44. The van der Waals surface area contributed by atoms with Gasteiger partial charge < -0.3 is 4.42 Å². The zero-order valence-electron chi connectivity index (χ0n) is 13.6. The molecule has 0 spiro atoms. The SMILES string of the molecule is Fc1ccc(-c2nc(CSc3nnnn3Cc3ccccc3)co2)cc1. The molecule has 0 saturated carbocycles. The molecular weight excluding hydrogens is 353 g/mol. The molecule has 2 heterocycles. The first-order valence-corrected chi connectivity index (χ1v) is 8.90. The number of hydrogen-bond donors (Lipinski definition) is 0. The zero-order valence-corrected chi connectivity index (χ0v) is 14.4. The summed E-state index contributed by atoms with van der Waals surface area (Å²) < 4.78 is 20.2. The zero-order chi connectivity index (χ0) is 17.8. The van der Waals surface area contributed by atoms with Gasteiger partial charge in [0.1, 0.15) is 12.1 Å². The summed E-state index contributed by atoms with van der Waals surface area (Å²) in [6, 6.07) is 16.0. The highest BCUT2D eigenvalue weighted by molar-refractivity contribution is 7.98. The van der Waals surface area contributed by atoms with Crippen molar-refractivity contribution in [2.45, 2.75) is 17.5 Å². The van der Waals surface area contributed by atoms with Crippen LogP contribution in [-0.2, 0) is 12.3 Å². The minimum absolute atomic E-state index is 0.290. The Balaban J connectivity index is 1.42. The predicted octanol–water partition coefficient (Wildman–Crippen LogP) is 3.81. The van der Waals surface area contributed by atoms with Gasteiger partial charge in [-0.1, -0.05) is 42.1 Å². The maximum Gasteiger partial charge on any atom is 0.226 e. The van der Waals surface area contributed by atoms with E-state index in [2.05, 4.69) is 20.5 Å². The molecule has 0 bridgehead atoms. The van der Waals surface area contributed by atoms with Crippen molar-refractivity contribution in [3.63, 3.8) is 0 Å². The molecule has 6 nitrogen and oxygen atoms in total. The molecule has 0 fully saturated rings. The van der Waals surface area contributed by atoms with Crippen LogP contribution in [0.15, 0.2) is 70.4 Å². The lowest BCUT2D eigenvalue weighted by molar-refractivity contribution is 0.572. The van der Waals surface area contributed by atoms with E-state index in [9.17, 15) is 4.39 Å². The van der Waals surface area contributed by atoms with Crippen molar-refractivity contribution in [1.29, 1.82) is 0 Å². The van der Waals surface area contributed by atoms with Crippen LogP contribution in [-0.4, -0.2) is 25.2 Å². The summed E-state index contributed by atoms with van der Waals surface area (Å²) in [5.74, 6) is 0.741. The normalized spacial score (nSPS) is 11.0. The van der Waals surface area contributed by atoms with Crippen molar-refractivity contribution < 1.29 is 8.81 Å². The molecule has 0 aliphatic carbocycles. The van der Waals surface area contributed by atoms with Gasteiger partial charge in [0.2, 0.25) is 11.0 Å². The fraction of sp³-hybridized carbons (Fsp3) is 0.111. The van der Waals surface area contributed by atoms with E-state index in [1.54, 1.807) is 23.1 Å². The standard InChI is InChI=1S/C18H14FN5OS/c19-15-8-6-14(7-9-15)17-20-16(11-25-17)12-26-18-21-22-23-24(18)10-13-4-2-1-3-5-13/h1-9,11H,10,12H2. The lowest BCUT2D eigenvalue weighted by atomic mass is 10.2. The Morgan fingerprint density at radius 1 is 1.04 bits per heavy atom. The molecule has 0 aliphatic rings. The van der Waals surface area contributed by atoms with E-state index >= 15 is 0 Å². The average molecular weight is 367 g/mol. The third-order valence-corrected chi connectivity index (χ3v) is 4.66. The Morgan fingerprint density at radius 3 is 2.65 bits per heavy atom. The van der Waals surface area contributed by atoms with Crippen molar-refractivity contribution in [3.8, 4) is 11.5 Å². The van der Waals surface area contributed by atoms with E-state index in [0.29, 0.717) is 23.3 Å². The second kappa shape index (κ2) is 7.49. The summed E-state index contributed by atoms with van der Waals surface area (Å²) in [6.45, 7) is 0.607. The number of tetrazole rings is 1. The van der Waals surface area contributed by atoms with Crippen LogP contribution in [0.2, 0.25) is 0 Å². The molecule has 4 aromatic rings. The lowest BCUT2D eigenvalue weighted by Gasteiger charge is -2.03. The van der Waals surface area contributed by atoms with Crippen LogP contribution in [0, 0.1) is 5.82 Å². The molecule has 4 rings (SSSR count). The molecule has 0 saturated heterocycles. The maximum atomic E-state index is 13.0. The smallest absolute Gasteiger partial charge is 0.226 e. The molecule has 0 radical (unpaired) electrons. The third-order valence-electron chi connectivity index (χ3n) is 3.67. The van der Waals surface area contributed by atoms with E-state index in [1.807, 2.05) is 30.3 Å². The second-order valence-corrected chi connectivity index (χ2v) is 6.49. The van der Waals surface area contributed by atoms with Crippen molar-refractivity contribution >= 4 is 11.8 Å². The topological polar surface area (TPSA) is 69.6 Å². The molecule has 2 aromatic heterocycles. The van der Waals surface area contributed by atoms with Gasteiger partial charge in [-0.05, 0) is 40.3 Å². The first-order valence-electron chi connectivity index (χ1n) is 7.91. The Hall–Kier alpha value is -3.00. The predicted molar refractivity (Wildman–Crippen MR) is 94.8 cm³/mol. The second-order valence-electron chi connectivity index (χ2n) is 5.54. The molecule has 26 heavy (non-hydrogen) atoms. The highest BCUT2D eigenvalue weighted by atomic mass is 32.2. The first kappa shape index (κ1) is 16.5. The molecule has 130 valence electrons. The Kier molecular flexibility index (Phi) is 4.74. The highest BCUT2D eigenvalue weighted by Crippen LogP contribution is 2.24. The minimum Gasteiger partial charge on any atom is -0.444 e. The van der Waals surface area contributed by atoms with E-state index in [1.165, 1.54) is 23.9 Å². The number of nitrogens with zero attached hydrogens (tertiary/aromatic N) is 5. The van der Waals surface area contributed by atoms with Crippen LogP contribution in [0.25, 0.3) is 11.5 Å². The van der Waals surface area contributed by atoms with Gasteiger partial charge in [-0.3, -0.25) is 0 Å². The Morgan fingerprint density at radius 2 is 1.85 bits per heavy atom. The minimum atomic E-state index is -0.290.